The molecule has 0 bridgehead atoms. The molecule has 2 fully saturated rings. The fourth-order valence-electron chi connectivity index (χ4n) is 3.29. The van der Waals surface area contributed by atoms with E-state index >= 15 is 0 Å². The van der Waals surface area contributed by atoms with Gasteiger partial charge in [-0.2, -0.15) is 0 Å². The molecule has 5 heteroatoms. The highest BCUT2D eigenvalue weighted by molar-refractivity contribution is 9.10. The minimum absolute atomic E-state index is 0.117. The van der Waals surface area contributed by atoms with E-state index in [2.05, 4.69) is 26.1 Å². The van der Waals surface area contributed by atoms with Crippen molar-refractivity contribution in [2.45, 2.75) is 37.8 Å². The second kappa shape index (κ2) is 5.82. The summed E-state index contributed by atoms with van der Waals surface area (Å²) in [6.07, 6.45) is 4.55. The summed E-state index contributed by atoms with van der Waals surface area (Å²) >= 11 is 3.25. The van der Waals surface area contributed by atoms with Crippen LogP contribution >= 0.6 is 15.9 Å². The number of nitrogens with zero attached hydrogens (tertiary/aromatic N) is 1. The Labute approximate surface area is 126 Å². The second-order valence-corrected chi connectivity index (χ2v) is 6.51. The van der Waals surface area contributed by atoms with Gasteiger partial charge in [-0.05, 0) is 66.4 Å². The van der Waals surface area contributed by atoms with Crippen LogP contribution in [0.15, 0.2) is 22.7 Å². The van der Waals surface area contributed by atoms with E-state index in [0.717, 1.165) is 19.4 Å². The van der Waals surface area contributed by atoms with E-state index in [1.54, 1.807) is 0 Å². The summed E-state index contributed by atoms with van der Waals surface area (Å²) in [7, 11) is 0. The molecule has 108 valence electrons. The molecule has 1 aromatic carbocycles. The van der Waals surface area contributed by atoms with Crippen molar-refractivity contribution >= 4 is 21.8 Å². The molecule has 0 spiro atoms. The molecule has 1 aromatic rings. The topological polar surface area (TPSA) is 32.3 Å². The van der Waals surface area contributed by atoms with Gasteiger partial charge in [0.25, 0.3) is 5.91 Å². The van der Waals surface area contributed by atoms with Crippen LogP contribution in [0.4, 0.5) is 4.39 Å². The van der Waals surface area contributed by atoms with Gasteiger partial charge in [-0.15, -0.1) is 0 Å². The lowest BCUT2D eigenvalue weighted by Crippen LogP contribution is -2.47. The maximum absolute atomic E-state index is 13.0. The zero-order valence-corrected chi connectivity index (χ0v) is 12.8. The number of piperidine rings is 1. The molecule has 2 atom stereocenters. The second-order valence-electron chi connectivity index (χ2n) is 5.65. The minimum Gasteiger partial charge on any atom is -0.349 e. The first-order valence-corrected chi connectivity index (χ1v) is 7.93. The number of carbonyl (C=O) groups is 1. The monoisotopic (exact) mass is 340 g/mol. The Balaban J connectivity index is 1.64. The average molecular weight is 341 g/mol. The molecule has 0 radical (unpaired) electrons. The highest BCUT2D eigenvalue weighted by Crippen LogP contribution is 2.27. The molecular weight excluding hydrogens is 323 g/mol. The third-order valence-electron chi connectivity index (χ3n) is 4.33. The van der Waals surface area contributed by atoms with Crippen LogP contribution in [-0.4, -0.2) is 36.0 Å². The lowest BCUT2D eigenvalue weighted by Gasteiger charge is -2.35. The number of fused-ring (bicyclic) bond motifs is 1. The molecule has 2 aliphatic rings. The predicted octanol–water partition coefficient (Wildman–Crippen LogP) is 2.94. The van der Waals surface area contributed by atoms with Gasteiger partial charge in [0.2, 0.25) is 0 Å². The third kappa shape index (κ3) is 2.88. The van der Waals surface area contributed by atoms with Crippen molar-refractivity contribution in [2.24, 2.45) is 0 Å². The van der Waals surface area contributed by atoms with Gasteiger partial charge in [-0.1, -0.05) is 0 Å². The summed E-state index contributed by atoms with van der Waals surface area (Å²) in [5, 5.41) is 3.09. The Hall–Kier alpha value is -0.940. The number of benzene rings is 1. The number of hydrogen-bond acceptors (Lipinski definition) is 2. The van der Waals surface area contributed by atoms with Crippen molar-refractivity contribution in [3.8, 4) is 0 Å². The smallest absolute Gasteiger partial charge is 0.252 e. The summed E-state index contributed by atoms with van der Waals surface area (Å²) in [6, 6.07) is 5.04. The van der Waals surface area contributed by atoms with Crippen molar-refractivity contribution in [1.29, 1.82) is 0 Å². The molecule has 0 saturated carbocycles. The average Bonchev–Trinajstić information content (AvgIpc) is 2.85. The van der Waals surface area contributed by atoms with Gasteiger partial charge < -0.3 is 10.2 Å². The van der Waals surface area contributed by atoms with Crippen molar-refractivity contribution in [2.75, 3.05) is 13.1 Å². The number of nitrogens with one attached hydrogen (secondary N) is 1. The van der Waals surface area contributed by atoms with E-state index in [1.807, 2.05) is 0 Å². The van der Waals surface area contributed by atoms with Crippen LogP contribution < -0.4 is 5.32 Å². The maximum Gasteiger partial charge on any atom is 0.252 e. The van der Waals surface area contributed by atoms with E-state index < -0.39 is 0 Å². The van der Waals surface area contributed by atoms with Crippen LogP contribution in [-0.2, 0) is 0 Å². The molecular formula is C15H18BrFN2O. The quantitative estimate of drug-likeness (QED) is 0.897. The first-order chi connectivity index (χ1) is 9.63. The van der Waals surface area contributed by atoms with Crippen molar-refractivity contribution in [3.63, 3.8) is 0 Å². The molecule has 2 saturated heterocycles. The molecule has 2 unspecified atom stereocenters. The predicted molar refractivity (Wildman–Crippen MR) is 79.2 cm³/mol. The first kappa shape index (κ1) is 14.0. The summed E-state index contributed by atoms with van der Waals surface area (Å²) in [6.45, 7) is 2.27. The van der Waals surface area contributed by atoms with Crippen LogP contribution in [0.3, 0.4) is 0 Å². The molecule has 0 aromatic heterocycles. The molecule has 20 heavy (non-hydrogen) atoms. The summed E-state index contributed by atoms with van der Waals surface area (Å²) in [4.78, 5) is 14.8. The standard InChI is InChI=1S/C15H18BrFN2O/c16-14-8-10(17)3-4-13(14)15(20)18-11-5-7-19-6-1-2-12(19)9-11/h3-4,8,11-12H,1-2,5-7,9H2,(H,18,20). The first-order valence-electron chi connectivity index (χ1n) is 7.13. The molecule has 0 aliphatic carbocycles. The zero-order chi connectivity index (χ0) is 14.1. The van der Waals surface area contributed by atoms with Gasteiger partial charge in [-0.3, -0.25) is 4.79 Å². The van der Waals surface area contributed by atoms with Crippen molar-refractivity contribution in [3.05, 3.63) is 34.1 Å². The van der Waals surface area contributed by atoms with E-state index in [-0.39, 0.29) is 17.8 Å². The minimum atomic E-state index is -0.340. The van der Waals surface area contributed by atoms with Gasteiger partial charge in [0.15, 0.2) is 0 Å². The largest absolute Gasteiger partial charge is 0.349 e. The normalized spacial score (nSPS) is 26.3. The number of carbonyl (C=O) groups excluding carboxylic acids is 1. The Kier molecular flexibility index (Phi) is 4.08. The lowest BCUT2D eigenvalue weighted by molar-refractivity contribution is 0.0895. The SMILES string of the molecule is O=C(NC1CCN2CCCC2C1)c1ccc(F)cc1Br. The molecule has 3 nitrogen and oxygen atoms in total. The molecule has 3 rings (SSSR count). The number of hydrogen-bond donors (Lipinski definition) is 1. The van der Waals surface area contributed by atoms with Crippen LogP contribution in [0.5, 0.6) is 0 Å². The zero-order valence-electron chi connectivity index (χ0n) is 11.2. The van der Waals surface area contributed by atoms with Gasteiger partial charge in [0, 0.05) is 23.1 Å². The van der Waals surface area contributed by atoms with E-state index in [4.69, 9.17) is 0 Å². The van der Waals surface area contributed by atoms with E-state index in [9.17, 15) is 9.18 Å². The van der Waals surface area contributed by atoms with Crippen LogP contribution in [0, 0.1) is 5.82 Å². The Bertz CT molecular complexity index is 523. The molecule has 2 heterocycles. The Morgan fingerprint density at radius 1 is 1.35 bits per heavy atom. The molecule has 1 N–H and O–H groups in total. The summed E-state index contributed by atoms with van der Waals surface area (Å²) in [5.74, 6) is -0.457. The lowest BCUT2D eigenvalue weighted by atomic mass is 9.97. The molecule has 1 amide bonds. The number of rotatable bonds is 2. The van der Waals surface area contributed by atoms with E-state index in [0.29, 0.717) is 16.1 Å². The number of amides is 1. The maximum atomic E-state index is 13.0. The fourth-order valence-corrected chi connectivity index (χ4v) is 3.82. The van der Waals surface area contributed by atoms with E-state index in [1.165, 1.54) is 37.6 Å². The van der Waals surface area contributed by atoms with Gasteiger partial charge in [0.1, 0.15) is 5.82 Å². The van der Waals surface area contributed by atoms with Gasteiger partial charge in [-0.25, -0.2) is 4.39 Å². The Morgan fingerprint density at radius 3 is 3.00 bits per heavy atom. The van der Waals surface area contributed by atoms with Crippen molar-refractivity contribution in [1.82, 2.24) is 10.2 Å². The van der Waals surface area contributed by atoms with Crippen LogP contribution in [0.2, 0.25) is 0 Å². The summed E-state index contributed by atoms with van der Waals surface area (Å²) in [5.41, 5.74) is 0.500. The van der Waals surface area contributed by atoms with Gasteiger partial charge >= 0.3 is 0 Å². The highest BCUT2D eigenvalue weighted by atomic mass is 79.9. The molecule has 2 aliphatic heterocycles. The third-order valence-corrected chi connectivity index (χ3v) is 4.99. The van der Waals surface area contributed by atoms with Crippen LogP contribution in [0.1, 0.15) is 36.0 Å². The van der Waals surface area contributed by atoms with Crippen molar-refractivity contribution < 1.29 is 9.18 Å². The highest BCUT2D eigenvalue weighted by Gasteiger charge is 2.32. The fraction of sp³-hybridized carbons (Fsp3) is 0.533. The summed E-state index contributed by atoms with van der Waals surface area (Å²) < 4.78 is 13.6. The van der Waals surface area contributed by atoms with Gasteiger partial charge in [0.05, 0.1) is 5.56 Å². The number of halogens is 2. The van der Waals surface area contributed by atoms with Crippen LogP contribution in [0.25, 0.3) is 0 Å². The Morgan fingerprint density at radius 2 is 2.20 bits per heavy atom.